The predicted molar refractivity (Wildman–Crippen MR) is 79.2 cm³/mol. The van der Waals surface area contributed by atoms with Crippen molar-refractivity contribution in [3.05, 3.63) is 18.2 Å². The molecule has 4 nitrogen and oxygen atoms in total. The Labute approximate surface area is 117 Å². The fraction of sp³-hybridized carbons (Fsp3) is 0.800. The second-order valence-electron chi connectivity index (χ2n) is 5.02. The first-order chi connectivity index (χ1) is 9.38. The number of nitrogens with one attached hydrogen (secondary N) is 1. The van der Waals surface area contributed by atoms with Crippen molar-refractivity contribution in [3.63, 3.8) is 0 Å². The second kappa shape index (κ2) is 11.0. The molecule has 0 atom stereocenters. The van der Waals surface area contributed by atoms with Crippen LogP contribution in [-0.4, -0.2) is 29.8 Å². The van der Waals surface area contributed by atoms with Gasteiger partial charge in [-0.25, -0.2) is 4.98 Å². The Morgan fingerprint density at radius 2 is 2.00 bits per heavy atom. The van der Waals surface area contributed by atoms with Gasteiger partial charge >= 0.3 is 0 Å². The Morgan fingerprint density at radius 1 is 1.21 bits per heavy atom. The van der Waals surface area contributed by atoms with Gasteiger partial charge in [0.15, 0.2) is 0 Å². The van der Waals surface area contributed by atoms with E-state index in [1.165, 1.54) is 44.2 Å². The summed E-state index contributed by atoms with van der Waals surface area (Å²) in [5, 5.41) is 3.36. The molecule has 19 heavy (non-hydrogen) atoms. The first-order valence-electron chi connectivity index (χ1n) is 7.57. The molecular weight excluding hydrogens is 238 g/mol. The van der Waals surface area contributed by atoms with Crippen LogP contribution in [0.15, 0.2) is 12.5 Å². The molecule has 1 N–H and O–H groups in total. The van der Waals surface area contributed by atoms with E-state index in [1.807, 2.05) is 12.5 Å². The van der Waals surface area contributed by atoms with Gasteiger partial charge in [-0.05, 0) is 6.42 Å². The largest absolute Gasteiger partial charge is 0.383 e. The van der Waals surface area contributed by atoms with Gasteiger partial charge in [0, 0.05) is 32.9 Å². The minimum Gasteiger partial charge on any atom is -0.383 e. The maximum atomic E-state index is 5.02. The standard InChI is InChI=1S/C15H29N3O/c1-3-4-5-6-7-8-10-18-14-17-13-15(18)12-16-9-11-19-2/h13-14,16H,3-12H2,1-2H3. The predicted octanol–water partition coefficient (Wildman–Crippen LogP) is 2.98. The average molecular weight is 267 g/mol. The number of methoxy groups -OCH3 is 1. The van der Waals surface area contributed by atoms with Crippen molar-refractivity contribution in [1.29, 1.82) is 0 Å². The summed E-state index contributed by atoms with van der Waals surface area (Å²) >= 11 is 0. The summed E-state index contributed by atoms with van der Waals surface area (Å²) in [6, 6.07) is 0. The van der Waals surface area contributed by atoms with E-state index in [1.54, 1.807) is 7.11 Å². The highest BCUT2D eigenvalue weighted by Gasteiger charge is 2.01. The maximum Gasteiger partial charge on any atom is 0.0948 e. The van der Waals surface area contributed by atoms with Crippen molar-refractivity contribution in [1.82, 2.24) is 14.9 Å². The molecule has 0 fully saturated rings. The molecule has 0 saturated heterocycles. The van der Waals surface area contributed by atoms with Crippen molar-refractivity contribution in [3.8, 4) is 0 Å². The Hall–Kier alpha value is -0.870. The molecule has 0 unspecified atom stereocenters. The van der Waals surface area contributed by atoms with Crippen LogP contribution in [0.1, 0.15) is 51.1 Å². The summed E-state index contributed by atoms with van der Waals surface area (Å²) in [5.41, 5.74) is 1.27. The van der Waals surface area contributed by atoms with Crippen LogP contribution in [0.5, 0.6) is 0 Å². The van der Waals surface area contributed by atoms with Crippen LogP contribution >= 0.6 is 0 Å². The number of hydrogen-bond acceptors (Lipinski definition) is 3. The van der Waals surface area contributed by atoms with Gasteiger partial charge in [0.1, 0.15) is 0 Å². The Balaban J connectivity index is 2.13. The van der Waals surface area contributed by atoms with E-state index in [0.717, 1.165) is 26.2 Å². The lowest BCUT2D eigenvalue weighted by Crippen LogP contribution is -2.20. The monoisotopic (exact) mass is 267 g/mol. The number of aromatic nitrogens is 2. The second-order valence-corrected chi connectivity index (χ2v) is 5.02. The molecule has 0 aliphatic heterocycles. The van der Waals surface area contributed by atoms with Crippen molar-refractivity contribution in [2.75, 3.05) is 20.3 Å². The molecule has 1 rings (SSSR count). The lowest BCUT2D eigenvalue weighted by atomic mass is 10.1. The SMILES string of the molecule is CCCCCCCCn1cncc1CNCCOC. The zero-order chi connectivity index (χ0) is 13.8. The quantitative estimate of drug-likeness (QED) is 0.592. The summed E-state index contributed by atoms with van der Waals surface area (Å²) in [6.45, 7) is 5.87. The van der Waals surface area contributed by atoms with Gasteiger partial charge in [0.25, 0.3) is 0 Å². The molecule has 110 valence electrons. The zero-order valence-corrected chi connectivity index (χ0v) is 12.5. The molecule has 0 radical (unpaired) electrons. The van der Waals surface area contributed by atoms with E-state index in [4.69, 9.17) is 4.74 Å². The minimum absolute atomic E-state index is 0.756. The number of nitrogens with zero attached hydrogens (tertiary/aromatic N) is 2. The van der Waals surface area contributed by atoms with Crippen LogP contribution in [0.25, 0.3) is 0 Å². The first-order valence-corrected chi connectivity index (χ1v) is 7.57. The molecule has 0 spiro atoms. The number of rotatable bonds is 12. The highest BCUT2D eigenvalue weighted by molar-refractivity contribution is 4.97. The molecule has 0 bridgehead atoms. The minimum atomic E-state index is 0.756. The molecular formula is C15H29N3O. The van der Waals surface area contributed by atoms with Crippen molar-refractivity contribution < 1.29 is 4.74 Å². The smallest absolute Gasteiger partial charge is 0.0948 e. The van der Waals surface area contributed by atoms with E-state index in [0.29, 0.717) is 0 Å². The summed E-state index contributed by atoms with van der Waals surface area (Å²) in [4.78, 5) is 4.24. The van der Waals surface area contributed by atoms with Gasteiger partial charge < -0.3 is 14.6 Å². The molecule has 0 saturated carbocycles. The number of unbranched alkanes of at least 4 members (excludes halogenated alkanes) is 5. The summed E-state index contributed by atoms with van der Waals surface area (Å²) < 4.78 is 7.28. The van der Waals surface area contributed by atoms with Crippen LogP contribution in [-0.2, 0) is 17.8 Å². The van der Waals surface area contributed by atoms with Crippen molar-refractivity contribution >= 4 is 0 Å². The van der Waals surface area contributed by atoms with Crippen LogP contribution in [0, 0.1) is 0 Å². The molecule has 1 aromatic rings. The summed E-state index contributed by atoms with van der Waals surface area (Å²) in [5.74, 6) is 0. The number of aryl methyl sites for hydroxylation is 1. The van der Waals surface area contributed by atoms with Crippen LogP contribution in [0.3, 0.4) is 0 Å². The van der Waals surface area contributed by atoms with Crippen LogP contribution in [0.4, 0.5) is 0 Å². The summed E-state index contributed by atoms with van der Waals surface area (Å²) in [7, 11) is 1.73. The third-order valence-electron chi connectivity index (χ3n) is 3.34. The lowest BCUT2D eigenvalue weighted by molar-refractivity contribution is 0.199. The molecule has 0 aliphatic carbocycles. The van der Waals surface area contributed by atoms with E-state index in [-0.39, 0.29) is 0 Å². The van der Waals surface area contributed by atoms with Crippen LogP contribution < -0.4 is 5.32 Å². The fourth-order valence-electron chi connectivity index (χ4n) is 2.15. The number of ether oxygens (including phenoxy) is 1. The van der Waals surface area contributed by atoms with Gasteiger partial charge in [-0.1, -0.05) is 39.0 Å². The van der Waals surface area contributed by atoms with Gasteiger partial charge in [-0.15, -0.1) is 0 Å². The Morgan fingerprint density at radius 3 is 2.79 bits per heavy atom. The first kappa shape index (κ1) is 16.2. The third kappa shape index (κ3) is 7.33. The normalized spacial score (nSPS) is 11.1. The van der Waals surface area contributed by atoms with Gasteiger partial charge in [0.2, 0.25) is 0 Å². The topological polar surface area (TPSA) is 39.1 Å². The van der Waals surface area contributed by atoms with Gasteiger partial charge in [-0.3, -0.25) is 0 Å². The molecule has 1 heterocycles. The van der Waals surface area contributed by atoms with Crippen molar-refractivity contribution in [2.45, 2.75) is 58.5 Å². The number of hydrogen-bond donors (Lipinski definition) is 1. The fourth-order valence-corrected chi connectivity index (χ4v) is 2.15. The Bertz CT molecular complexity index is 312. The highest BCUT2D eigenvalue weighted by Crippen LogP contribution is 2.07. The maximum absolute atomic E-state index is 5.02. The lowest BCUT2D eigenvalue weighted by Gasteiger charge is -2.09. The molecule has 1 aromatic heterocycles. The highest BCUT2D eigenvalue weighted by atomic mass is 16.5. The van der Waals surface area contributed by atoms with E-state index in [2.05, 4.69) is 21.8 Å². The molecule has 0 aliphatic rings. The molecule has 0 amide bonds. The molecule has 4 heteroatoms. The van der Waals surface area contributed by atoms with Gasteiger partial charge in [0.05, 0.1) is 18.6 Å². The zero-order valence-electron chi connectivity index (χ0n) is 12.5. The van der Waals surface area contributed by atoms with E-state index in [9.17, 15) is 0 Å². The van der Waals surface area contributed by atoms with Crippen molar-refractivity contribution in [2.24, 2.45) is 0 Å². The molecule has 0 aromatic carbocycles. The van der Waals surface area contributed by atoms with E-state index >= 15 is 0 Å². The average Bonchev–Trinajstić information content (AvgIpc) is 2.86. The Kier molecular flexibility index (Phi) is 9.37. The summed E-state index contributed by atoms with van der Waals surface area (Å²) in [6.07, 6.45) is 11.9. The van der Waals surface area contributed by atoms with Gasteiger partial charge in [-0.2, -0.15) is 0 Å². The third-order valence-corrected chi connectivity index (χ3v) is 3.34. The number of imidazole rings is 1. The van der Waals surface area contributed by atoms with E-state index < -0.39 is 0 Å². The van der Waals surface area contributed by atoms with Crippen LogP contribution in [0.2, 0.25) is 0 Å².